The van der Waals surface area contributed by atoms with E-state index in [4.69, 9.17) is 23.7 Å². The van der Waals surface area contributed by atoms with Crippen LogP contribution in [0.3, 0.4) is 0 Å². The van der Waals surface area contributed by atoms with Crippen LogP contribution in [0.4, 0.5) is 61.5 Å². The van der Waals surface area contributed by atoms with Crippen LogP contribution in [0.15, 0.2) is 255 Å². The lowest BCUT2D eigenvalue weighted by Crippen LogP contribution is -3.61. The summed E-state index contributed by atoms with van der Waals surface area (Å²) in [6.07, 6.45) is -12.2. The van der Waals surface area contributed by atoms with Gasteiger partial charge in [0.05, 0.1) is 45.6 Å². The zero-order valence-electron chi connectivity index (χ0n) is 59.4. The van der Waals surface area contributed by atoms with Gasteiger partial charge < -0.3 is 23.7 Å². The predicted octanol–water partition coefficient (Wildman–Crippen LogP) is 17.2. The zero-order chi connectivity index (χ0) is 81.7. The third kappa shape index (κ3) is 16.1. The molecule has 0 N–H and O–H groups in total. The molecule has 0 amide bonds. The lowest BCUT2D eigenvalue weighted by atomic mass is 9.66. The van der Waals surface area contributed by atoms with Crippen molar-refractivity contribution in [3.63, 3.8) is 0 Å². The molecule has 26 heteroatoms. The quantitative estimate of drug-likeness (QED) is 0.0133. The van der Waals surface area contributed by atoms with Gasteiger partial charge in [-0.3, -0.25) is 14.4 Å². The van der Waals surface area contributed by atoms with Gasteiger partial charge >= 0.3 is 51.5 Å². The van der Waals surface area contributed by atoms with E-state index >= 15 is 61.5 Å². The van der Waals surface area contributed by atoms with Gasteiger partial charge in [-0.25, -0.2) is 49.5 Å². The Bertz CT molecular complexity index is 5220. The van der Waals surface area contributed by atoms with Gasteiger partial charge in [0.2, 0.25) is 5.41 Å². The second-order valence-corrected chi connectivity index (χ2v) is 29.1. The maximum Gasteiger partial charge on any atom is 0.411 e. The molecule has 12 aromatic carbocycles. The van der Waals surface area contributed by atoms with Crippen molar-refractivity contribution in [3.05, 3.63) is 409 Å². The summed E-state index contributed by atoms with van der Waals surface area (Å²) in [5.74, 6) is -22.6. The summed E-state index contributed by atoms with van der Waals surface area (Å²) < 4.78 is 246. The molecule has 10 bridgehead atoms. The van der Waals surface area contributed by atoms with Crippen molar-refractivity contribution < 1.29 is 135 Å². The summed E-state index contributed by atoms with van der Waals surface area (Å²) in [6.45, 7) is -6.14. The number of alkyl halides is 6. The SMILES string of the molecule is O=C(OCCCC(c1ccc(C(=O)c2ccccc2)cc1)(c1ccc(C(=O)c2ccccc2)cc1)c1ccc(C(=O)c2ccccc2)cc1)c1ccc([I+]c2c3cccc2OCc2c(F)c(F)c(c(F)c2F)COC(=O)c2ccc(cc2)C(C(F)(F)F)(C(F)(F)F)c2ccc(cc2)C(=O)OCc2c(F)c(F)c(c(F)c2F)CO3)cc1. The van der Waals surface area contributed by atoms with Gasteiger partial charge in [-0.1, -0.05) is 194 Å². The average Bonchev–Trinajstić information content (AvgIpc) is 0.793. The second-order valence-electron chi connectivity index (χ2n) is 26.2. The fourth-order valence-electron chi connectivity index (χ4n) is 13.5. The number of benzene rings is 12. The Morgan fingerprint density at radius 1 is 0.348 bits per heavy atom. The van der Waals surface area contributed by atoms with E-state index in [1.165, 1.54) is 42.5 Å². The first kappa shape index (κ1) is 80.5. The number of ketones is 3. The topological polar surface area (TPSA) is 149 Å². The van der Waals surface area contributed by atoms with Crippen molar-refractivity contribution in [1.82, 2.24) is 0 Å². The maximum absolute atomic E-state index is 16.1. The molecule has 12 aromatic rings. The lowest BCUT2D eigenvalue weighted by molar-refractivity contribution is -0.599. The van der Waals surface area contributed by atoms with Gasteiger partial charge in [0.15, 0.2) is 79.0 Å². The Morgan fingerprint density at radius 2 is 0.643 bits per heavy atom. The summed E-state index contributed by atoms with van der Waals surface area (Å²) >= 11 is -1.83. The largest absolute Gasteiger partial charge is 0.484 e. The van der Waals surface area contributed by atoms with Gasteiger partial charge in [-0.2, -0.15) is 26.3 Å². The molecule has 0 aromatic heterocycles. The number of ether oxygens (including phenoxy) is 5. The van der Waals surface area contributed by atoms with Gasteiger partial charge in [0.25, 0.3) is 3.57 Å². The zero-order valence-corrected chi connectivity index (χ0v) is 61.5. The maximum atomic E-state index is 16.1. The molecule has 0 radical (unpaired) electrons. The number of fused-ring (bicyclic) bond motifs is 4. The highest BCUT2D eigenvalue weighted by Crippen LogP contribution is 2.56. The Morgan fingerprint density at radius 3 is 0.957 bits per heavy atom. The van der Waals surface area contributed by atoms with Crippen LogP contribution >= 0.6 is 0 Å². The number of esters is 3. The molecule has 0 atom stereocenters. The minimum atomic E-state index is -6.26. The number of rotatable bonds is 16. The molecule has 5 aliphatic rings. The monoisotopic (exact) mass is 1690 g/mol. The number of carbonyl (C=O) groups is 6. The molecular formula is C89H56F14IO11+. The van der Waals surface area contributed by atoms with E-state index in [9.17, 15) is 28.8 Å². The summed E-state index contributed by atoms with van der Waals surface area (Å²) in [7, 11) is 0. The normalized spacial score (nSPS) is 13.3. The van der Waals surface area contributed by atoms with Crippen molar-refractivity contribution in [2.24, 2.45) is 0 Å². The standard InChI is InChI=1S/C89H56F14IO11/c90-71-65-46-112-69-18-10-19-70(113-47-66-73(92)77(96)68(78(97)74(66)93)49-115-85(110)57-28-40-63(41-29-57)87(88(98,99)100,89(101,102)103)62-38-26-56(27-39-62)84(109)114-48-67(75(71)94)76(95)72(65)91)79(69)104-64-42-30-58(31-43-64)83(108)111-45-11-44-86(59-32-20-53(21-33-59)80(105)50-12-4-1-5-13-50,60-34-22-54(23-35-60)81(106)51-14-6-2-7-15-51)61-36-24-55(25-37-61)82(107)52-16-8-3-9-17-52/h1-10,12-43H,11,44-49H2/q+1. The van der Waals surface area contributed by atoms with Gasteiger partial charge in [-0.05, 0) is 101 Å². The molecule has 0 spiro atoms. The molecule has 0 saturated carbocycles. The lowest BCUT2D eigenvalue weighted by Gasteiger charge is -2.38. The summed E-state index contributed by atoms with van der Waals surface area (Å²) in [6, 6.07) is 58.9. The summed E-state index contributed by atoms with van der Waals surface area (Å²) in [5.41, 5.74) is -12.3. The van der Waals surface area contributed by atoms with E-state index in [0.29, 0.717) is 77.9 Å². The van der Waals surface area contributed by atoms with E-state index in [2.05, 4.69) is 0 Å². The Kier molecular flexibility index (Phi) is 23.5. The van der Waals surface area contributed by atoms with Crippen molar-refractivity contribution in [2.45, 2.75) is 62.5 Å². The highest BCUT2D eigenvalue weighted by molar-refractivity contribution is 6.10. The molecule has 115 heavy (non-hydrogen) atoms. The van der Waals surface area contributed by atoms with Gasteiger partial charge in [0, 0.05) is 38.8 Å². The van der Waals surface area contributed by atoms with Crippen LogP contribution in [0.2, 0.25) is 0 Å². The average molecular weight is 1690 g/mol. The number of hydrogen-bond acceptors (Lipinski definition) is 11. The van der Waals surface area contributed by atoms with Crippen LogP contribution in [0, 0.1) is 53.7 Å². The third-order valence-electron chi connectivity index (χ3n) is 19.5. The summed E-state index contributed by atoms with van der Waals surface area (Å²) in [4.78, 5) is 82.0. The first-order valence-corrected chi connectivity index (χ1v) is 37.0. The fraction of sp³-hybridized carbons (Fsp3) is 0.124. The molecule has 17 rings (SSSR count). The Balaban J connectivity index is 0.794. The molecule has 11 nitrogen and oxygen atoms in total. The van der Waals surface area contributed by atoms with Gasteiger partial charge in [0.1, 0.15) is 26.4 Å². The van der Waals surface area contributed by atoms with Crippen LogP contribution in [-0.4, -0.2) is 54.2 Å². The third-order valence-corrected chi connectivity index (χ3v) is 22.4. The Labute approximate surface area is 655 Å². The van der Waals surface area contributed by atoms with Gasteiger partial charge in [-0.15, -0.1) is 0 Å². The van der Waals surface area contributed by atoms with E-state index in [1.54, 1.807) is 127 Å². The molecule has 0 saturated heterocycles. The van der Waals surface area contributed by atoms with E-state index in [0.717, 1.165) is 0 Å². The fourth-order valence-corrected chi connectivity index (χ4v) is 16.0. The van der Waals surface area contributed by atoms with Crippen LogP contribution in [0.5, 0.6) is 11.5 Å². The van der Waals surface area contributed by atoms with Crippen LogP contribution in [0.1, 0.15) is 142 Å². The molecule has 5 aliphatic heterocycles. The van der Waals surface area contributed by atoms with Crippen LogP contribution in [-0.2, 0) is 51.5 Å². The van der Waals surface area contributed by atoms with Crippen molar-refractivity contribution in [3.8, 4) is 11.5 Å². The van der Waals surface area contributed by atoms with Crippen molar-refractivity contribution in [2.75, 3.05) is 6.61 Å². The van der Waals surface area contributed by atoms with E-state index in [-0.39, 0.29) is 81.7 Å². The molecule has 0 fully saturated rings. The highest BCUT2D eigenvalue weighted by atomic mass is 127. The molecule has 0 aliphatic carbocycles. The van der Waals surface area contributed by atoms with Crippen LogP contribution < -0.4 is 30.7 Å². The first-order valence-electron chi connectivity index (χ1n) is 34.9. The van der Waals surface area contributed by atoms with Crippen LogP contribution in [0.25, 0.3) is 0 Å². The smallest absolute Gasteiger partial charge is 0.411 e. The molecule has 0 unspecified atom stereocenters. The minimum absolute atomic E-state index is 0.000268. The minimum Gasteiger partial charge on any atom is -0.484 e. The van der Waals surface area contributed by atoms with Crippen molar-refractivity contribution in [1.29, 1.82) is 0 Å². The predicted molar refractivity (Wildman–Crippen MR) is 384 cm³/mol. The first-order chi connectivity index (χ1) is 55.1. The van der Waals surface area contributed by atoms with Crippen molar-refractivity contribution >= 4 is 35.3 Å². The number of hydrogen-bond donors (Lipinski definition) is 0. The van der Waals surface area contributed by atoms with E-state index in [1.807, 2.05) is 36.4 Å². The Hall–Kier alpha value is -12.6. The second kappa shape index (κ2) is 33.6. The molecule has 5 heterocycles. The molecular weight excluding hydrogens is 1640 g/mol. The number of carbonyl (C=O) groups excluding carboxylic acids is 6. The number of halogens is 15. The highest BCUT2D eigenvalue weighted by Gasteiger charge is 2.72. The van der Waals surface area contributed by atoms with E-state index < -0.39 is 180 Å². The molecule has 582 valence electrons. The summed E-state index contributed by atoms with van der Waals surface area (Å²) in [5, 5.41) is 0.